The number of anilines is 1. The van der Waals surface area contributed by atoms with E-state index in [0.717, 1.165) is 19.3 Å². The largest absolute Gasteiger partial charge is 0.507 e. The lowest BCUT2D eigenvalue weighted by Crippen LogP contribution is -2.29. The van der Waals surface area contributed by atoms with Crippen LogP contribution >= 0.6 is 0 Å². The van der Waals surface area contributed by atoms with Gasteiger partial charge in [-0.2, -0.15) is 0 Å². The van der Waals surface area contributed by atoms with Crippen LogP contribution in [0.2, 0.25) is 0 Å². The number of rotatable bonds is 9. The van der Waals surface area contributed by atoms with E-state index in [1.165, 1.54) is 12.0 Å². The summed E-state index contributed by atoms with van der Waals surface area (Å²) >= 11 is 0. The lowest BCUT2D eigenvalue weighted by molar-refractivity contribution is -0.132. The highest BCUT2D eigenvalue weighted by molar-refractivity contribution is 6.51. The van der Waals surface area contributed by atoms with Gasteiger partial charge in [0.15, 0.2) is 0 Å². The number of ether oxygens (including phenoxy) is 2. The van der Waals surface area contributed by atoms with Crippen LogP contribution in [-0.2, 0) is 9.59 Å². The smallest absolute Gasteiger partial charge is 0.300 e. The number of amides is 1. The van der Waals surface area contributed by atoms with Gasteiger partial charge in [0.1, 0.15) is 17.3 Å². The Kier molecular flexibility index (Phi) is 7.51. The van der Waals surface area contributed by atoms with Crippen molar-refractivity contribution < 1.29 is 24.2 Å². The molecule has 180 valence electrons. The van der Waals surface area contributed by atoms with Crippen molar-refractivity contribution in [1.82, 2.24) is 0 Å². The van der Waals surface area contributed by atoms with Gasteiger partial charge < -0.3 is 14.6 Å². The number of unbranched alkanes of at least 4 members (excludes halogenated alkanes) is 2. The monoisotopic (exact) mass is 471 g/mol. The number of Topliss-reactive ketones (excluding diaryl/α,β-unsaturated/α-hetero) is 1. The highest BCUT2D eigenvalue weighted by Crippen LogP contribution is 2.44. The first-order chi connectivity index (χ1) is 17.1. The molecule has 1 N–H and O–H groups in total. The number of nitrogens with zero attached hydrogens (tertiary/aromatic N) is 1. The maximum absolute atomic E-state index is 13.3. The van der Waals surface area contributed by atoms with E-state index in [4.69, 9.17) is 9.47 Å². The number of aliphatic hydroxyl groups is 1. The first-order valence-corrected chi connectivity index (χ1v) is 11.8. The SMILES string of the molecule is CCCCCOc1ccc(/C(O)=C2\C(=O)C(=O)N(c3ccccc3OC)C2c2ccccc2)cc1. The Labute approximate surface area is 205 Å². The molecule has 1 unspecified atom stereocenters. The van der Waals surface area contributed by atoms with Crippen molar-refractivity contribution in [2.45, 2.75) is 32.2 Å². The molecule has 1 saturated heterocycles. The first kappa shape index (κ1) is 24.1. The molecule has 1 aliphatic rings. The van der Waals surface area contributed by atoms with Gasteiger partial charge in [-0.1, -0.05) is 62.2 Å². The number of carbonyl (C=O) groups excluding carboxylic acids is 2. The second kappa shape index (κ2) is 10.9. The third-order valence-electron chi connectivity index (χ3n) is 6.05. The van der Waals surface area contributed by atoms with E-state index in [1.807, 2.05) is 30.3 Å². The van der Waals surface area contributed by atoms with Crippen LogP contribution in [0.5, 0.6) is 11.5 Å². The van der Waals surface area contributed by atoms with Crippen molar-refractivity contribution in [2.75, 3.05) is 18.6 Å². The third kappa shape index (κ3) is 4.92. The summed E-state index contributed by atoms with van der Waals surface area (Å²) in [5, 5.41) is 11.3. The van der Waals surface area contributed by atoms with Crippen LogP contribution in [0.15, 0.2) is 84.4 Å². The summed E-state index contributed by atoms with van der Waals surface area (Å²) in [7, 11) is 1.51. The molecule has 6 heteroatoms. The van der Waals surface area contributed by atoms with Gasteiger partial charge in [0, 0.05) is 5.56 Å². The molecule has 0 spiro atoms. The third-order valence-corrected chi connectivity index (χ3v) is 6.05. The van der Waals surface area contributed by atoms with Crippen molar-refractivity contribution in [3.05, 3.63) is 95.6 Å². The van der Waals surface area contributed by atoms with E-state index in [0.29, 0.717) is 34.9 Å². The van der Waals surface area contributed by atoms with Gasteiger partial charge in [-0.05, 0) is 48.4 Å². The number of ketones is 1. The van der Waals surface area contributed by atoms with Gasteiger partial charge >= 0.3 is 0 Å². The summed E-state index contributed by atoms with van der Waals surface area (Å²) in [5.41, 5.74) is 1.63. The highest BCUT2D eigenvalue weighted by Gasteiger charge is 2.47. The molecule has 0 saturated carbocycles. The van der Waals surface area contributed by atoms with Crippen LogP contribution in [-0.4, -0.2) is 30.5 Å². The second-order valence-corrected chi connectivity index (χ2v) is 8.33. The molecule has 0 radical (unpaired) electrons. The minimum Gasteiger partial charge on any atom is -0.507 e. The summed E-state index contributed by atoms with van der Waals surface area (Å²) < 4.78 is 11.2. The quantitative estimate of drug-likeness (QED) is 0.182. The van der Waals surface area contributed by atoms with Crippen molar-refractivity contribution >= 4 is 23.1 Å². The lowest BCUT2D eigenvalue weighted by Gasteiger charge is -2.26. The van der Waals surface area contributed by atoms with E-state index >= 15 is 0 Å². The minimum atomic E-state index is -0.808. The summed E-state index contributed by atoms with van der Waals surface area (Å²) in [6, 6.07) is 22.3. The summed E-state index contributed by atoms with van der Waals surface area (Å²) in [6.45, 7) is 2.76. The second-order valence-electron chi connectivity index (χ2n) is 8.33. The topological polar surface area (TPSA) is 76.1 Å². The molecule has 3 aromatic carbocycles. The molecule has 6 nitrogen and oxygen atoms in total. The maximum atomic E-state index is 13.3. The fourth-order valence-corrected chi connectivity index (χ4v) is 4.27. The summed E-state index contributed by atoms with van der Waals surface area (Å²) in [5.74, 6) is -0.554. The molecular formula is C29H29NO5. The van der Waals surface area contributed by atoms with E-state index in [9.17, 15) is 14.7 Å². The van der Waals surface area contributed by atoms with Crippen LogP contribution in [0.1, 0.15) is 43.4 Å². The van der Waals surface area contributed by atoms with Gasteiger partial charge in [-0.15, -0.1) is 0 Å². The predicted octanol–water partition coefficient (Wildman–Crippen LogP) is 5.89. The Balaban J connectivity index is 1.76. The molecule has 1 aliphatic heterocycles. The zero-order valence-corrected chi connectivity index (χ0v) is 19.9. The van der Waals surface area contributed by atoms with Crippen LogP contribution in [0.3, 0.4) is 0 Å². The fraction of sp³-hybridized carbons (Fsp3) is 0.241. The number of methoxy groups -OCH3 is 1. The van der Waals surface area contributed by atoms with Crippen LogP contribution < -0.4 is 14.4 Å². The average molecular weight is 472 g/mol. The normalized spacial score (nSPS) is 17.0. The number of hydrogen-bond donors (Lipinski definition) is 1. The molecular weight excluding hydrogens is 442 g/mol. The standard InChI is InChI=1S/C29H29NO5/c1-3-4-10-19-35-22-17-15-21(16-18-22)27(31)25-26(20-11-6-5-7-12-20)30(29(33)28(25)32)23-13-8-9-14-24(23)34-2/h5-9,11-18,26,31H,3-4,10,19H2,1-2H3/b27-25+. The molecule has 1 atom stereocenters. The molecule has 35 heavy (non-hydrogen) atoms. The van der Waals surface area contributed by atoms with Crippen molar-refractivity contribution in [2.24, 2.45) is 0 Å². The van der Waals surface area contributed by atoms with Gasteiger partial charge in [0.25, 0.3) is 11.7 Å². The predicted molar refractivity (Wildman–Crippen MR) is 136 cm³/mol. The van der Waals surface area contributed by atoms with Crippen LogP contribution in [0, 0.1) is 0 Å². The fourth-order valence-electron chi connectivity index (χ4n) is 4.27. The molecule has 3 aromatic rings. The molecule has 1 amide bonds. The summed E-state index contributed by atoms with van der Waals surface area (Å²) in [6.07, 6.45) is 3.19. The van der Waals surface area contributed by atoms with E-state index < -0.39 is 17.7 Å². The van der Waals surface area contributed by atoms with Gasteiger partial charge in [0.05, 0.1) is 31.0 Å². The molecule has 0 aliphatic carbocycles. The van der Waals surface area contributed by atoms with Gasteiger partial charge in [-0.25, -0.2) is 0 Å². The Hall–Kier alpha value is -4.06. The van der Waals surface area contributed by atoms with Gasteiger partial charge in [0.2, 0.25) is 0 Å². The molecule has 0 bridgehead atoms. The Bertz CT molecular complexity index is 1220. The van der Waals surface area contributed by atoms with Crippen molar-refractivity contribution in [3.63, 3.8) is 0 Å². The summed E-state index contributed by atoms with van der Waals surface area (Å²) in [4.78, 5) is 28.0. The van der Waals surface area contributed by atoms with E-state index in [2.05, 4.69) is 6.92 Å². The van der Waals surface area contributed by atoms with E-state index in [-0.39, 0.29) is 11.3 Å². The molecule has 1 heterocycles. The molecule has 4 rings (SSSR count). The highest BCUT2D eigenvalue weighted by atomic mass is 16.5. The Morgan fingerprint density at radius 3 is 2.29 bits per heavy atom. The Morgan fingerprint density at radius 2 is 1.60 bits per heavy atom. The number of aliphatic hydroxyl groups excluding tert-OH is 1. The van der Waals surface area contributed by atoms with Crippen molar-refractivity contribution in [3.8, 4) is 11.5 Å². The number of para-hydroxylation sites is 2. The zero-order chi connectivity index (χ0) is 24.8. The number of benzene rings is 3. The Morgan fingerprint density at radius 1 is 0.914 bits per heavy atom. The number of hydrogen-bond acceptors (Lipinski definition) is 5. The van der Waals surface area contributed by atoms with Crippen molar-refractivity contribution in [1.29, 1.82) is 0 Å². The molecule has 1 fully saturated rings. The average Bonchev–Trinajstić information content (AvgIpc) is 3.17. The van der Waals surface area contributed by atoms with Gasteiger partial charge in [-0.3, -0.25) is 14.5 Å². The first-order valence-electron chi connectivity index (χ1n) is 11.8. The van der Waals surface area contributed by atoms with E-state index in [1.54, 1.807) is 48.5 Å². The van der Waals surface area contributed by atoms with Crippen LogP contribution in [0.4, 0.5) is 5.69 Å². The lowest BCUT2D eigenvalue weighted by atomic mass is 9.95. The molecule has 0 aromatic heterocycles. The maximum Gasteiger partial charge on any atom is 0.300 e. The number of carbonyl (C=O) groups is 2. The minimum absolute atomic E-state index is 0.0312. The van der Waals surface area contributed by atoms with Crippen LogP contribution in [0.25, 0.3) is 5.76 Å². The zero-order valence-electron chi connectivity index (χ0n) is 19.9.